The van der Waals surface area contributed by atoms with Crippen LogP contribution in [0.25, 0.3) is 0 Å². The second-order valence-electron chi connectivity index (χ2n) is 4.32. The summed E-state index contributed by atoms with van der Waals surface area (Å²) >= 11 is 5.87. The summed E-state index contributed by atoms with van der Waals surface area (Å²) in [6, 6.07) is 6.26. The molecule has 100 valence electrons. The first-order valence-electron chi connectivity index (χ1n) is 5.74. The lowest BCUT2D eigenvalue weighted by Crippen LogP contribution is -2.01. The van der Waals surface area contributed by atoms with Crippen LogP contribution in [0.2, 0.25) is 5.02 Å². The maximum absolute atomic E-state index is 10.9. The molecular formula is C13H13ClN2O3. The van der Waals surface area contributed by atoms with Crippen LogP contribution in [-0.4, -0.2) is 14.6 Å². The summed E-state index contributed by atoms with van der Waals surface area (Å²) in [4.78, 5) is 10.5. The van der Waals surface area contributed by atoms with Gasteiger partial charge in [0.25, 0.3) is 5.69 Å². The van der Waals surface area contributed by atoms with E-state index < -0.39 is 11.0 Å². The van der Waals surface area contributed by atoms with Crippen LogP contribution in [0, 0.1) is 10.1 Å². The zero-order valence-electron chi connectivity index (χ0n) is 10.3. The van der Waals surface area contributed by atoms with Crippen LogP contribution in [0.5, 0.6) is 0 Å². The summed E-state index contributed by atoms with van der Waals surface area (Å²) in [5.74, 6) is 0. The van der Waals surface area contributed by atoms with Crippen LogP contribution in [0.3, 0.4) is 0 Å². The maximum Gasteiger partial charge on any atom is 0.274 e. The Kier molecular flexibility index (Phi) is 3.87. The van der Waals surface area contributed by atoms with Crippen molar-refractivity contribution in [3.05, 3.63) is 62.9 Å². The summed E-state index contributed by atoms with van der Waals surface area (Å²) in [5, 5.41) is 20.9. The number of aliphatic hydroxyl groups excluding tert-OH is 1. The Labute approximate surface area is 115 Å². The van der Waals surface area contributed by atoms with E-state index in [9.17, 15) is 15.2 Å². The number of aromatic nitrogens is 1. The molecule has 0 saturated heterocycles. The van der Waals surface area contributed by atoms with E-state index in [1.54, 1.807) is 36.0 Å². The van der Waals surface area contributed by atoms with Crippen molar-refractivity contribution in [1.82, 2.24) is 4.57 Å². The van der Waals surface area contributed by atoms with E-state index >= 15 is 0 Å². The highest BCUT2D eigenvalue weighted by atomic mass is 35.5. The zero-order valence-corrected chi connectivity index (χ0v) is 11.0. The normalized spacial score (nSPS) is 12.4. The lowest BCUT2D eigenvalue weighted by molar-refractivity contribution is -0.385. The van der Waals surface area contributed by atoms with Crippen molar-refractivity contribution in [1.29, 1.82) is 0 Å². The van der Waals surface area contributed by atoms with E-state index in [2.05, 4.69) is 0 Å². The SMILES string of the molecule is CC(O)c1ccn(Cc2cc(Cl)ccc2[N+](=O)[O-])c1. The fourth-order valence-corrected chi connectivity index (χ4v) is 2.06. The molecule has 0 amide bonds. The zero-order chi connectivity index (χ0) is 14.0. The van der Waals surface area contributed by atoms with Gasteiger partial charge in [0.1, 0.15) is 0 Å². The molecule has 1 aromatic heterocycles. The highest BCUT2D eigenvalue weighted by Crippen LogP contribution is 2.24. The molecular weight excluding hydrogens is 268 g/mol. The van der Waals surface area contributed by atoms with Gasteiger partial charge in [-0.1, -0.05) is 11.6 Å². The Morgan fingerprint density at radius 1 is 1.47 bits per heavy atom. The topological polar surface area (TPSA) is 68.3 Å². The molecule has 0 saturated carbocycles. The Balaban J connectivity index is 2.31. The highest BCUT2D eigenvalue weighted by molar-refractivity contribution is 6.30. The molecule has 0 fully saturated rings. The molecule has 0 spiro atoms. The van der Waals surface area contributed by atoms with Crippen molar-refractivity contribution in [3.63, 3.8) is 0 Å². The summed E-state index contributed by atoms with van der Waals surface area (Å²) in [7, 11) is 0. The fraction of sp³-hybridized carbons (Fsp3) is 0.231. The molecule has 1 heterocycles. The summed E-state index contributed by atoms with van der Waals surface area (Å²) < 4.78 is 1.78. The molecule has 0 radical (unpaired) electrons. The number of nitro benzene ring substituents is 1. The smallest absolute Gasteiger partial charge is 0.274 e. The highest BCUT2D eigenvalue weighted by Gasteiger charge is 2.14. The van der Waals surface area contributed by atoms with Gasteiger partial charge in [-0.25, -0.2) is 0 Å². The Morgan fingerprint density at radius 3 is 2.79 bits per heavy atom. The van der Waals surface area contributed by atoms with E-state index in [4.69, 9.17) is 11.6 Å². The third-order valence-electron chi connectivity index (χ3n) is 2.85. The van der Waals surface area contributed by atoms with Crippen molar-refractivity contribution in [3.8, 4) is 0 Å². The van der Waals surface area contributed by atoms with E-state index in [1.807, 2.05) is 0 Å². The Morgan fingerprint density at radius 2 is 2.21 bits per heavy atom. The average molecular weight is 281 g/mol. The summed E-state index contributed by atoms with van der Waals surface area (Å²) in [6.45, 7) is 2.01. The second-order valence-corrected chi connectivity index (χ2v) is 4.76. The van der Waals surface area contributed by atoms with Crippen LogP contribution in [0.4, 0.5) is 5.69 Å². The van der Waals surface area contributed by atoms with Gasteiger partial charge < -0.3 is 9.67 Å². The number of benzene rings is 1. The third-order valence-corrected chi connectivity index (χ3v) is 3.08. The lowest BCUT2D eigenvalue weighted by atomic mass is 10.2. The fourth-order valence-electron chi connectivity index (χ4n) is 1.86. The molecule has 0 bridgehead atoms. The van der Waals surface area contributed by atoms with Gasteiger partial charge in [0.2, 0.25) is 0 Å². The Bertz CT molecular complexity index is 608. The quantitative estimate of drug-likeness (QED) is 0.691. The van der Waals surface area contributed by atoms with E-state index in [1.165, 1.54) is 12.1 Å². The standard InChI is InChI=1S/C13H13ClN2O3/c1-9(17)10-4-5-15(7-10)8-11-6-12(14)2-3-13(11)16(18)19/h2-7,9,17H,8H2,1H3. The number of nitro groups is 1. The minimum Gasteiger partial charge on any atom is -0.389 e. The molecule has 2 rings (SSSR count). The maximum atomic E-state index is 10.9. The van der Waals surface area contributed by atoms with Gasteiger partial charge in [-0.3, -0.25) is 10.1 Å². The van der Waals surface area contributed by atoms with E-state index in [-0.39, 0.29) is 5.69 Å². The van der Waals surface area contributed by atoms with Gasteiger partial charge >= 0.3 is 0 Å². The van der Waals surface area contributed by atoms with Crippen molar-refractivity contribution in [2.45, 2.75) is 19.6 Å². The number of hydrogen-bond donors (Lipinski definition) is 1. The monoisotopic (exact) mass is 280 g/mol. The molecule has 0 aliphatic heterocycles. The summed E-state index contributed by atoms with van der Waals surface area (Å²) in [6.07, 6.45) is 2.97. The van der Waals surface area contributed by atoms with Crippen molar-refractivity contribution >= 4 is 17.3 Å². The van der Waals surface area contributed by atoms with Crippen LogP contribution in [-0.2, 0) is 6.54 Å². The minimum atomic E-state index is -0.560. The van der Waals surface area contributed by atoms with Crippen molar-refractivity contribution in [2.24, 2.45) is 0 Å². The molecule has 1 N–H and O–H groups in total. The van der Waals surface area contributed by atoms with Crippen LogP contribution in [0.1, 0.15) is 24.2 Å². The molecule has 1 aromatic carbocycles. The molecule has 0 aliphatic carbocycles. The Hall–Kier alpha value is -1.85. The molecule has 2 aromatic rings. The molecule has 19 heavy (non-hydrogen) atoms. The first-order valence-corrected chi connectivity index (χ1v) is 6.11. The largest absolute Gasteiger partial charge is 0.389 e. The molecule has 1 unspecified atom stereocenters. The van der Waals surface area contributed by atoms with Crippen LogP contribution in [0.15, 0.2) is 36.7 Å². The van der Waals surface area contributed by atoms with E-state index in [0.29, 0.717) is 17.1 Å². The number of rotatable bonds is 4. The summed E-state index contributed by atoms with van der Waals surface area (Å²) in [5.41, 5.74) is 1.34. The van der Waals surface area contributed by atoms with Crippen molar-refractivity contribution in [2.75, 3.05) is 0 Å². The number of nitrogens with zero attached hydrogens (tertiary/aromatic N) is 2. The van der Waals surface area contributed by atoms with Crippen molar-refractivity contribution < 1.29 is 10.0 Å². The molecule has 6 heteroatoms. The van der Waals surface area contributed by atoms with Gasteiger partial charge in [-0.05, 0) is 30.7 Å². The number of aliphatic hydroxyl groups is 1. The molecule has 0 aliphatic rings. The first-order chi connectivity index (χ1) is 8.97. The van der Waals surface area contributed by atoms with Gasteiger partial charge in [-0.2, -0.15) is 0 Å². The predicted octanol–water partition coefficient (Wildman–Crippen LogP) is 3.15. The van der Waals surface area contributed by atoms with Gasteiger partial charge in [0.05, 0.1) is 23.1 Å². The van der Waals surface area contributed by atoms with Gasteiger partial charge in [0, 0.05) is 23.5 Å². The van der Waals surface area contributed by atoms with Gasteiger partial charge in [0.15, 0.2) is 0 Å². The van der Waals surface area contributed by atoms with Crippen LogP contribution < -0.4 is 0 Å². The number of hydrogen-bond acceptors (Lipinski definition) is 3. The van der Waals surface area contributed by atoms with Gasteiger partial charge in [-0.15, -0.1) is 0 Å². The van der Waals surface area contributed by atoms with Crippen LogP contribution >= 0.6 is 11.6 Å². The molecule has 5 nitrogen and oxygen atoms in total. The predicted molar refractivity (Wildman–Crippen MR) is 72.3 cm³/mol. The number of halogens is 1. The lowest BCUT2D eigenvalue weighted by Gasteiger charge is -2.05. The average Bonchev–Trinajstić information content (AvgIpc) is 2.77. The van der Waals surface area contributed by atoms with E-state index in [0.717, 1.165) is 5.56 Å². The third kappa shape index (κ3) is 3.13. The second kappa shape index (κ2) is 5.42. The molecule has 1 atom stereocenters. The first kappa shape index (κ1) is 13.6. The minimum absolute atomic E-state index is 0.0386.